The summed E-state index contributed by atoms with van der Waals surface area (Å²) in [6, 6.07) is 20.1. The molecule has 2 N–H and O–H groups in total. The van der Waals surface area contributed by atoms with Gasteiger partial charge in [-0.1, -0.05) is 54.6 Å². The van der Waals surface area contributed by atoms with Gasteiger partial charge in [-0.15, -0.1) is 0 Å². The molecule has 0 aromatic heterocycles. The van der Waals surface area contributed by atoms with Gasteiger partial charge in [-0.25, -0.2) is 4.79 Å². The van der Waals surface area contributed by atoms with Gasteiger partial charge in [-0.3, -0.25) is 4.79 Å². The van der Waals surface area contributed by atoms with Gasteiger partial charge in [-0.2, -0.15) is 0 Å². The minimum absolute atomic E-state index is 0.0600. The Morgan fingerprint density at radius 3 is 2.32 bits per heavy atom. The van der Waals surface area contributed by atoms with Crippen LogP contribution in [0.5, 0.6) is 0 Å². The molecule has 3 aromatic rings. The van der Waals surface area contributed by atoms with Crippen LogP contribution in [0.1, 0.15) is 22.8 Å². The first-order chi connectivity index (χ1) is 12.1. The van der Waals surface area contributed by atoms with Gasteiger partial charge >= 0.3 is 5.97 Å². The Morgan fingerprint density at radius 1 is 0.920 bits per heavy atom. The lowest BCUT2D eigenvalue weighted by Gasteiger charge is -2.11. The van der Waals surface area contributed by atoms with Crippen molar-refractivity contribution in [1.29, 1.82) is 0 Å². The summed E-state index contributed by atoms with van der Waals surface area (Å²) in [6.07, 6.45) is 1.73. The third-order valence-electron chi connectivity index (χ3n) is 4.00. The van der Waals surface area contributed by atoms with Crippen molar-refractivity contribution in [3.63, 3.8) is 0 Å². The van der Waals surface area contributed by atoms with Gasteiger partial charge in [0.2, 0.25) is 0 Å². The fraction of sp³-hybridized carbons (Fsp3) is 0.0476. The van der Waals surface area contributed by atoms with Crippen LogP contribution in [0.4, 0.5) is 5.69 Å². The van der Waals surface area contributed by atoms with Gasteiger partial charge in [0.15, 0.2) is 0 Å². The van der Waals surface area contributed by atoms with Crippen LogP contribution in [0.15, 0.2) is 72.8 Å². The molecule has 0 bridgehead atoms. The quantitative estimate of drug-likeness (QED) is 0.688. The number of carbonyl (C=O) groups excluding carboxylic acids is 1. The number of aromatic carboxylic acids is 1. The van der Waals surface area contributed by atoms with Crippen molar-refractivity contribution in [1.82, 2.24) is 0 Å². The molecule has 25 heavy (non-hydrogen) atoms. The maximum atomic E-state index is 12.7. The lowest BCUT2D eigenvalue weighted by atomic mass is 10.0. The number of carbonyl (C=O) groups is 2. The van der Waals surface area contributed by atoms with E-state index in [1.165, 1.54) is 6.07 Å². The first kappa shape index (κ1) is 16.5. The number of hydrogen-bond acceptors (Lipinski definition) is 2. The van der Waals surface area contributed by atoms with Crippen LogP contribution in [-0.2, 0) is 4.79 Å². The highest BCUT2D eigenvalue weighted by molar-refractivity contribution is 6.26. The molecule has 0 radical (unpaired) electrons. The Hall–Kier alpha value is -3.40. The smallest absolute Gasteiger partial charge is 0.337 e. The second kappa shape index (κ2) is 7.01. The SMILES string of the molecule is C/C=C(/C(=O)Nc1ccccc1C(=O)O)c1ccc2ccccc2c1. The summed E-state index contributed by atoms with van der Waals surface area (Å²) in [4.78, 5) is 24.0. The van der Waals surface area contributed by atoms with Crippen molar-refractivity contribution in [2.24, 2.45) is 0 Å². The van der Waals surface area contributed by atoms with Crippen molar-refractivity contribution in [3.05, 3.63) is 83.9 Å². The number of fused-ring (bicyclic) bond motifs is 1. The van der Waals surface area contributed by atoms with Gasteiger partial charge in [0.05, 0.1) is 11.3 Å². The first-order valence-corrected chi connectivity index (χ1v) is 7.89. The molecule has 0 atom stereocenters. The van der Waals surface area contributed by atoms with E-state index in [9.17, 15) is 14.7 Å². The van der Waals surface area contributed by atoms with Gasteiger partial charge in [0, 0.05) is 5.57 Å². The molecule has 0 heterocycles. The number of carboxylic acid groups (broad SMARTS) is 1. The van der Waals surface area contributed by atoms with Gasteiger partial charge in [0.25, 0.3) is 5.91 Å². The summed E-state index contributed by atoms with van der Waals surface area (Å²) in [6.45, 7) is 1.78. The fourth-order valence-corrected chi connectivity index (χ4v) is 2.75. The van der Waals surface area contributed by atoms with Crippen molar-refractivity contribution < 1.29 is 14.7 Å². The van der Waals surface area contributed by atoms with Crippen LogP contribution < -0.4 is 5.32 Å². The molecule has 0 aliphatic rings. The normalized spacial score (nSPS) is 11.3. The molecule has 0 fully saturated rings. The summed E-state index contributed by atoms with van der Waals surface area (Å²) in [5, 5.41) is 14.1. The number of rotatable bonds is 4. The molecule has 1 amide bonds. The second-order valence-corrected chi connectivity index (χ2v) is 5.57. The van der Waals surface area contributed by atoms with E-state index in [-0.39, 0.29) is 17.2 Å². The molecule has 0 saturated heterocycles. The third-order valence-corrected chi connectivity index (χ3v) is 4.00. The van der Waals surface area contributed by atoms with E-state index in [2.05, 4.69) is 5.32 Å². The first-order valence-electron chi connectivity index (χ1n) is 7.89. The molecule has 0 saturated carbocycles. The number of amides is 1. The molecule has 3 rings (SSSR count). The van der Waals surface area contributed by atoms with E-state index < -0.39 is 5.97 Å². The Morgan fingerprint density at radius 2 is 1.60 bits per heavy atom. The van der Waals surface area contributed by atoms with Gasteiger partial charge < -0.3 is 10.4 Å². The highest BCUT2D eigenvalue weighted by atomic mass is 16.4. The molecule has 4 nitrogen and oxygen atoms in total. The second-order valence-electron chi connectivity index (χ2n) is 5.57. The molecular formula is C21H17NO3. The molecule has 124 valence electrons. The summed E-state index contributed by atoms with van der Waals surface area (Å²) >= 11 is 0. The Kier molecular flexibility index (Phi) is 4.61. The van der Waals surface area contributed by atoms with Gasteiger partial charge in [0.1, 0.15) is 0 Å². The Labute approximate surface area is 145 Å². The van der Waals surface area contributed by atoms with E-state index in [1.54, 1.807) is 31.2 Å². The highest BCUT2D eigenvalue weighted by Gasteiger charge is 2.15. The number of carboxylic acids is 1. The number of anilines is 1. The topological polar surface area (TPSA) is 66.4 Å². The zero-order valence-corrected chi connectivity index (χ0v) is 13.7. The van der Waals surface area contributed by atoms with Crippen LogP contribution >= 0.6 is 0 Å². The fourth-order valence-electron chi connectivity index (χ4n) is 2.75. The third kappa shape index (κ3) is 3.43. The van der Waals surface area contributed by atoms with Crippen LogP contribution in [0, 0.1) is 0 Å². The predicted octanol–water partition coefficient (Wildman–Crippen LogP) is 4.58. The van der Waals surface area contributed by atoms with Crippen LogP contribution in [0.3, 0.4) is 0 Å². The maximum Gasteiger partial charge on any atom is 0.337 e. The van der Waals surface area contributed by atoms with E-state index in [0.29, 0.717) is 5.57 Å². The van der Waals surface area contributed by atoms with E-state index in [1.807, 2.05) is 42.5 Å². The number of allylic oxidation sites excluding steroid dienone is 1. The van der Waals surface area contributed by atoms with Crippen LogP contribution in [-0.4, -0.2) is 17.0 Å². The average molecular weight is 331 g/mol. The maximum absolute atomic E-state index is 12.7. The zero-order chi connectivity index (χ0) is 17.8. The summed E-state index contributed by atoms with van der Waals surface area (Å²) in [5.41, 5.74) is 1.61. The standard InChI is InChI=1S/C21H17NO3/c1-2-17(16-12-11-14-7-3-4-8-15(14)13-16)20(23)22-19-10-6-5-9-18(19)21(24)25/h2-13H,1H3,(H,22,23)(H,24,25)/b17-2+. The number of nitrogens with one attached hydrogen (secondary N) is 1. The summed E-state index contributed by atoms with van der Waals surface area (Å²) in [5.74, 6) is -1.42. The van der Waals surface area contributed by atoms with Gasteiger partial charge in [-0.05, 0) is 41.5 Å². The van der Waals surface area contributed by atoms with E-state index >= 15 is 0 Å². The summed E-state index contributed by atoms with van der Waals surface area (Å²) in [7, 11) is 0. The predicted molar refractivity (Wildman–Crippen MR) is 99.6 cm³/mol. The zero-order valence-electron chi connectivity index (χ0n) is 13.7. The molecule has 0 aliphatic carbocycles. The summed E-state index contributed by atoms with van der Waals surface area (Å²) < 4.78 is 0. The van der Waals surface area contributed by atoms with Crippen LogP contribution in [0.25, 0.3) is 16.3 Å². The Bertz CT molecular complexity index is 989. The minimum atomic E-state index is -1.08. The minimum Gasteiger partial charge on any atom is -0.478 e. The van der Waals surface area contributed by atoms with E-state index in [4.69, 9.17) is 0 Å². The van der Waals surface area contributed by atoms with E-state index in [0.717, 1.165) is 16.3 Å². The van der Waals surface area contributed by atoms with Crippen molar-refractivity contribution >= 4 is 33.9 Å². The molecule has 4 heteroatoms. The monoisotopic (exact) mass is 331 g/mol. The highest BCUT2D eigenvalue weighted by Crippen LogP contribution is 2.23. The lowest BCUT2D eigenvalue weighted by molar-refractivity contribution is -0.111. The number of para-hydroxylation sites is 1. The van der Waals surface area contributed by atoms with Crippen molar-refractivity contribution in [2.45, 2.75) is 6.92 Å². The molecule has 0 unspecified atom stereocenters. The number of benzene rings is 3. The molecule has 0 aliphatic heterocycles. The van der Waals surface area contributed by atoms with Crippen molar-refractivity contribution in [2.75, 3.05) is 5.32 Å². The lowest BCUT2D eigenvalue weighted by Crippen LogP contribution is -2.16. The number of hydrogen-bond donors (Lipinski definition) is 2. The largest absolute Gasteiger partial charge is 0.478 e. The van der Waals surface area contributed by atoms with Crippen LogP contribution in [0.2, 0.25) is 0 Å². The molecule has 3 aromatic carbocycles. The Balaban J connectivity index is 1.93. The molecular weight excluding hydrogens is 314 g/mol. The van der Waals surface area contributed by atoms with Crippen molar-refractivity contribution in [3.8, 4) is 0 Å². The molecule has 0 spiro atoms. The average Bonchev–Trinajstić information content (AvgIpc) is 2.62.